The highest BCUT2D eigenvalue weighted by atomic mass is 15.1. The Morgan fingerprint density at radius 3 is 0.939 bits per heavy atom. The van der Waals surface area contributed by atoms with Crippen LogP contribution in [0.2, 0.25) is 0 Å². The smallest absolute Gasteiger partial charge is 0.168 e. The number of nitrogens with zero attached hydrogens (tertiary/aromatic N) is 8. The van der Waals surface area contributed by atoms with Gasteiger partial charge in [-0.05, 0) is 100 Å². The van der Waals surface area contributed by atoms with Crippen LogP contribution in [0.1, 0.15) is 27.8 Å². The Labute approximate surface area is 472 Å². The number of benzene rings is 11. The van der Waals surface area contributed by atoms with E-state index in [1.807, 2.05) is 36.4 Å². The van der Waals surface area contributed by atoms with Crippen molar-refractivity contribution in [2.45, 2.75) is 27.7 Å². The van der Waals surface area contributed by atoms with Crippen LogP contribution in [0.25, 0.3) is 144 Å². The van der Waals surface area contributed by atoms with Crippen LogP contribution in [0.15, 0.2) is 231 Å². The predicted molar refractivity (Wildman–Crippen MR) is 337 cm³/mol. The molecule has 0 saturated carbocycles. The van der Waals surface area contributed by atoms with E-state index >= 15 is 0 Å². The molecule has 8 nitrogen and oxygen atoms in total. The van der Waals surface area contributed by atoms with Crippen LogP contribution in [-0.4, -0.2) is 33.2 Å². The maximum atomic E-state index is 13.0. The van der Waals surface area contributed by atoms with E-state index in [4.69, 9.17) is 15.0 Å². The van der Waals surface area contributed by atoms with Gasteiger partial charge in [-0.3, -0.25) is 0 Å². The number of para-hydroxylation sites is 4. The van der Waals surface area contributed by atoms with Gasteiger partial charge in [-0.15, -0.1) is 0 Å². The summed E-state index contributed by atoms with van der Waals surface area (Å²) in [7, 11) is 0. The van der Waals surface area contributed by atoms with Crippen molar-refractivity contribution in [1.82, 2.24) is 33.2 Å². The average Bonchev–Trinajstić information content (AvgIpc) is 1.80. The Balaban J connectivity index is 1.28. The topological polar surface area (TPSA) is 82.2 Å². The lowest BCUT2D eigenvalue weighted by Gasteiger charge is -2.29. The zero-order valence-corrected chi connectivity index (χ0v) is 45.5. The zero-order valence-electron chi connectivity index (χ0n) is 45.5. The van der Waals surface area contributed by atoms with Gasteiger partial charge in [-0.2, -0.15) is 5.26 Å². The molecule has 0 N–H and O–H groups in total. The lowest BCUT2D eigenvalue weighted by Crippen LogP contribution is -2.17. The van der Waals surface area contributed by atoms with Crippen molar-refractivity contribution < 1.29 is 0 Å². The molecule has 0 spiro atoms. The van der Waals surface area contributed by atoms with Crippen molar-refractivity contribution in [3.8, 4) is 63.0 Å². The van der Waals surface area contributed by atoms with Crippen LogP contribution in [0.4, 0.5) is 0 Å². The van der Waals surface area contributed by atoms with Crippen LogP contribution in [-0.2, 0) is 0 Å². The quantitative estimate of drug-likeness (QED) is 0.159. The molecule has 11 aromatic carbocycles. The van der Waals surface area contributed by atoms with Gasteiger partial charge >= 0.3 is 0 Å². The summed E-state index contributed by atoms with van der Waals surface area (Å²) in [5.41, 5.74) is 18.1. The number of hydrogen-bond donors (Lipinski definition) is 0. The lowest BCUT2D eigenvalue weighted by atomic mass is 9.97. The summed E-state index contributed by atoms with van der Waals surface area (Å²) >= 11 is 0. The third kappa shape index (κ3) is 6.93. The van der Waals surface area contributed by atoms with Crippen molar-refractivity contribution in [3.05, 3.63) is 258 Å². The molecule has 0 atom stereocenters. The van der Waals surface area contributed by atoms with Crippen molar-refractivity contribution in [2.24, 2.45) is 0 Å². The zero-order chi connectivity index (χ0) is 54.9. The molecule has 0 saturated heterocycles. The highest BCUT2D eigenvalue weighted by molar-refractivity contribution is 6.17. The molecule has 82 heavy (non-hydrogen) atoms. The fourth-order valence-corrected chi connectivity index (χ4v) is 13.1. The van der Waals surface area contributed by atoms with Crippen LogP contribution < -0.4 is 0 Å². The summed E-state index contributed by atoms with van der Waals surface area (Å²) in [5, 5.41) is 21.7. The summed E-state index contributed by atoms with van der Waals surface area (Å²) in [5.74, 6) is 1.42. The molecule has 0 aliphatic heterocycles. The summed E-state index contributed by atoms with van der Waals surface area (Å²) in [6.45, 7) is 8.62. The Morgan fingerprint density at radius 1 is 0.280 bits per heavy atom. The molecule has 0 radical (unpaired) electrons. The van der Waals surface area contributed by atoms with Gasteiger partial charge in [0.25, 0.3) is 0 Å². The first-order valence-electron chi connectivity index (χ1n) is 27.8. The fourth-order valence-electron chi connectivity index (χ4n) is 13.1. The summed E-state index contributed by atoms with van der Waals surface area (Å²) in [4.78, 5) is 16.8. The van der Waals surface area contributed by atoms with Crippen molar-refractivity contribution in [1.29, 1.82) is 5.26 Å². The molecule has 0 aliphatic rings. The second-order valence-corrected chi connectivity index (χ2v) is 21.8. The predicted octanol–water partition coefficient (Wildman–Crippen LogP) is 18.4. The standard InChI is InChI=1S/C74H50N8/c1-44-31-35-63-54(39-44)50-23-11-15-27-59(50)79(63)68-58(43-75)69(80-60-28-16-12-24-51(60)55-40-45(2)32-36-64(55)80)71(82-62-30-18-14-26-53(62)57-42-47(4)34-38-66(57)82)70(81-61-29-17-13-25-52(61)56-41-46(3)33-37-65(56)81)67(68)74-77-72(48-19-7-5-8-20-48)76-73(78-74)49-21-9-6-10-22-49/h5-42H,1-4H3. The van der Waals surface area contributed by atoms with E-state index < -0.39 is 0 Å². The molecule has 5 aromatic heterocycles. The minimum absolute atomic E-state index is 0.410. The van der Waals surface area contributed by atoms with Gasteiger partial charge < -0.3 is 18.3 Å². The molecule has 0 aliphatic carbocycles. The van der Waals surface area contributed by atoms with Crippen LogP contribution in [0, 0.1) is 39.0 Å². The molecule has 16 aromatic rings. The lowest BCUT2D eigenvalue weighted by molar-refractivity contribution is 1.01. The van der Waals surface area contributed by atoms with Crippen LogP contribution in [0.5, 0.6) is 0 Å². The monoisotopic (exact) mass is 1050 g/mol. The molecule has 0 unspecified atom stereocenters. The van der Waals surface area contributed by atoms with Gasteiger partial charge in [0, 0.05) is 54.2 Å². The molecule has 5 heterocycles. The molecule has 0 fully saturated rings. The van der Waals surface area contributed by atoms with Gasteiger partial charge in [-0.1, -0.05) is 180 Å². The molecule has 16 rings (SSSR count). The third-order valence-electron chi connectivity index (χ3n) is 16.6. The number of aromatic nitrogens is 7. The Morgan fingerprint density at radius 2 is 0.573 bits per heavy atom. The van der Waals surface area contributed by atoms with E-state index in [1.165, 1.54) is 0 Å². The van der Waals surface area contributed by atoms with Crippen molar-refractivity contribution in [3.63, 3.8) is 0 Å². The molecule has 0 amide bonds. The van der Waals surface area contributed by atoms with Gasteiger partial charge in [0.05, 0.1) is 72.4 Å². The van der Waals surface area contributed by atoms with E-state index in [1.54, 1.807) is 0 Å². The second kappa shape index (κ2) is 18.1. The summed E-state index contributed by atoms with van der Waals surface area (Å²) in [6.07, 6.45) is 0. The normalized spacial score (nSPS) is 11.9. The Hall–Kier alpha value is -10.9. The van der Waals surface area contributed by atoms with Gasteiger partial charge in [0.1, 0.15) is 11.6 Å². The van der Waals surface area contributed by atoms with E-state index in [0.29, 0.717) is 40.0 Å². The molecule has 8 heteroatoms. The van der Waals surface area contributed by atoms with Gasteiger partial charge in [0.2, 0.25) is 0 Å². The molecular formula is C74H50N8. The second-order valence-electron chi connectivity index (χ2n) is 21.8. The summed E-state index contributed by atoms with van der Waals surface area (Å²) in [6, 6.07) is 84.9. The van der Waals surface area contributed by atoms with Crippen LogP contribution >= 0.6 is 0 Å². The first-order chi connectivity index (χ1) is 40.3. The molecular weight excluding hydrogens is 1000 g/mol. The first-order valence-corrected chi connectivity index (χ1v) is 27.8. The number of nitriles is 1. The molecule has 0 bridgehead atoms. The fraction of sp³-hybridized carbons (Fsp3) is 0.0541. The van der Waals surface area contributed by atoms with E-state index in [9.17, 15) is 5.26 Å². The highest BCUT2D eigenvalue weighted by Crippen LogP contribution is 2.52. The number of rotatable bonds is 7. The number of aryl methyl sites for hydroxylation is 4. The number of fused-ring (bicyclic) bond motifs is 12. The number of hydrogen-bond acceptors (Lipinski definition) is 4. The maximum absolute atomic E-state index is 13.0. The maximum Gasteiger partial charge on any atom is 0.168 e. The largest absolute Gasteiger partial charge is 0.307 e. The van der Waals surface area contributed by atoms with Crippen molar-refractivity contribution in [2.75, 3.05) is 0 Å². The van der Waals surface area contributed by atoms with Crippen LogP contribution in [0.3, 0.4) is 0 Å². The summed E-state index contributed by atoms with van der Waals surface area (Å²) < 4.78 is 9.58. The van der Waals surface area contributed by atoms with E-state index in [0.717, 1.165) is 132 Å². The SMILES string of the molecule is Cc1ccc2c(c1)c1ccccc1n2-c1c(C#N)c(-n2c3ccccc3c3cc(C)ccc32)c(-n2c3ccccc3c3cc(C)ccc32)c(-n2c3ccccc3c3cc(C)ccc32)c1-c1nc(-c2ccccc2)nc(-c2ccccc2)n1. The van der Waals surface area contributed by atoms with E-state index in [2.05, 4.69) is 246 Å². The first kappa shape index (κ1) is 47.1. The third-order valence-corrected chi connectivity index (χ3v) is 16.6. The van der Waals surface area contributed by atoms with Gasteiger partial charge in [-0.25, -0.2) is 15.0 Å². The van der Waals surface area contributed by atoms with Crippen molar-refractivity contribution >= 4 is 87.2 Å². The molecule has 386 valence electrons. The average molecular weight is 1050 g/mol. The highest BCUT2D eigenvalue weighted by Gasteiger charge is 2.36. The van der Waals surface area contributed by atoms with E-state index in [-0.39, 0.29) is 0 Å². The minimum Gasteiger partial charge on any atom is -0.307 e. The Bertz CT molecular complexity index is 5340. The Kier molecular flexibility index (Phi) is 10.4. The van der Waals surface area contributed by atoms with Gasteiger partial charge in [0.15, 0.2) is 17.5 Å². The minimum atomic E-state index is 0.410.